The predicted molar refractivity (Wildman–Crippen MR) is 145 cm³/mol. The van der Waals surface area contributed by atoms with E-state index in [0.717, 1.165) is 43.4 Å². The van der Waals surface area contributed by atoms with E-state index in [1.165, 1.54) is 16.3 Å². The zero-order chi connectivity index (χ0) is 22.7. The van der Waals surface area contributed by atoms with Crippen LogP contribution in [0.1, 0.15) is 0 Å². The third-order valence-corrected chi connectivity index (χ3v) is 10.3. The van der Waals surface area contributed by atoms with Gasteiger partial charge in [0.05, 0.1) is 0 Å². The van der Waals surface area contributed by atoms with Gasteiger partial charge in [0.1, 0.15) is 0 Å². The molecule has 6 aromatic carbocycles. The molecular formula is C32H21OP. The molecule has 0 saturated carbocycles. The summed E-state index contributed by atoms with van der Waals surface area (Å²) in [6.07, 6.45) is 0. The lowest BCUT2D eigenvalue weighted by Crippen LogP contribution is -2.26. The Morgan fingerprint density at radius 2 is 1.03 bits per heavy atom. The molecule has 1 aliphatic rings. The van der Waals surface area contributed by atoms with Crippen LogP contribution in [-0.2, 0) is 4.57 Å². The van der Waals surface area contributed by atoms with Crippen molar-refractivity contribution < 1.29 is 4.57 Å². The van der Waals surface area contributed by atoms with Crippen LogP contribution in [0.4, 0.5) is 0 Å². The average Bonchev–Trinajstić information content (AvgIpc) is 3.01. The maximum atomic E-state index is 15.7. The van der Waals surface area contributed by atoms with Crippen molar-refractivity contribution in [3.8, 4) is 22.3 Å². The number of hydrogen-bond donors (Lipinski definition) is 0. The van der Waals surface area contributed by atoms with Gasteiger partial charge >= 0.3 is 0 Å². The summed E-state index contributed by atoms with van der Waals surface area (Å²) in [6, 6.07) is 43.9. The van der Waals surface area contributed by atoms with Gasteiger partial charge in [0.25, 0.3) is 0 Å². The lowest BCUT2D eigenvalue weighted by Gasteiger charge is -2.23. The smallest absolute Gasteiger partial charge is 0.172 e. The van der Waals surface area contributed by atoms with E-state index >= 15 is 4.57 Å². The Balaban J connectivity index is 1.78. The minimum atomic E-state index is -3.20. The number of hydrogen-bond acceptors (Lipinski definition) is 1. The van der Waals surface area contributed by atoms with Gasteiger partial charge in [-0.25, -0.2) is 0 Å². The summed E-state index contributed by atoms with van der Waals surface area (Å²) in [6.45, 7) is 0. The second-order valence-corrected chi connectivity index (χ2v) is 11.5. The Bertz CT molecular complexity index is 1780. The Morgan fingerprint density at radius 3 is 1.82 bits per heavy atom. The van der Waals surface area contributed by atoms with Crippen LogP contribution < -0.4 is 15.9 Å². The monoisotopic (exact) mass is 452 g/mol. The van der Waals surface area contributed by atoms with Crippen LogP contribution in [0.15, 0.2) is 127 Å². The van der Waals surface area contributed by atoms with E-state index in [2.05, 4.69) is 84.9 Å². The second kappa shape index (κ2) is 7.29. The molecule has 0 N–H and O–H groups in total. The summed E-state index contributed by atoms with van der Waals surface area (Å²) in [5, 5.41) is 7.27. The van der Waals surface area contributed by atoms with Crippen molar-refractivity contribution in [1.29, 1.82) is 0 Å². The van der Waals surface area contributed by atoms with Crippen molar-refractivity contribution in [2.24, 2.45) is 0 Å². The Labute approximate surface area is 198 Å². The molecule has 1 unspecified atom stereocenters. The van der Waals surface area contributed by atoms with Crippen LogP contribution in [0.3, 0.4) is 0 Å². The molecule has 0 aromatic heterocycles. The topological polar surface area (TPSA) is 17.1 Å². The predicted octanol–water partition coefficient (Wildman–Crippen LogP) is 7.28. The van der Waals surface area contributed by atoms with Gasteiger partial charge in [-0.15, -0.1) is 0 Å². The van der Waals surface area contributed by atoms with Gasteiger partial charge in [-0.1, -0.05) is 127 Å². The van der Waals surface area contributed by atoms with Crippen LogP contribution in [0.2, 0.25) is 0 Å². The largest absolute Gasteiger partial charge is 0.309 e. The van der Waals surface area contributed by atoms with Crippen molar-refractivity contribution >= 4 is 44.6 Å². The fourth-order valence-corrected chi connectivity index (χ4v) is 8.85. The molecule has 1 atom stereocenters. The van der Waals surface area contributed by atoms with Crippen LogP contribution in [0.5, 0.6) is 0 Å². The summed E-state index contributed by atoms with van der Waals surface area (Å²) >= 11 is 0. The highest BCUT2D eigenvalue weighted by Gasteiger charge is 2.39. The molecule has 0 radical (unpaired) electrons. The van der Waals surface area contributed by atoms with Gasteiger partial charge in [0.2, 0.25) is 0 Å². The van der Waals surface area contributed by atoms with Gasteiger partial charge in [-0.05, 0) is 43.8 Å². The molecule has 34 heavy (non-hydrogen) atoms. The zero-order valence-electron chi connectivity index (χ0n) is 18.5. The molecule has 0 aliphatic carbocycles. The summed E-state index contributed by atoms with van der Waals surface area (Å²) in [7, 11) is -3.20. The lowest BCUT2D eigenvalue weighted by atomic mass is 9.89. The molecule has 1 heterocycles. The first-order valence-corrected chi connectivity index (χ1v) is 13.3. The summed E-state index contributed by atoms with van der Waals surface area (Å²) in [4.78, 5) is 0. The highest BCUT2D eigenvalue weighted by atomic mass is 31.2. The van der Waals surface area contributed by atoms with Crippen LogP contribution in [0.25, 0.3) is 43.8 Å². The molecule has 0 fully saturated rings. The highest BCUT2D eigenvalue weighted by Crippen LogP contribution is 2.54. The lowest BCUT2D eigenvalue weighted by molar-refractivity contribution is 0.593. The van der Waals surface area contributed by atoms with Gasteiger partial charge in [0.15, 0.2) is 7.14 Å². The van der Waals surface area contributed by atoms with Crippen molar-refractivity contribution in [1.82, 2.24) is 0 Å². The third kappa shape index (κ3) is 2.59. The molecule has 2 heteroatoms. The molecule has 7 rings (SSSR count). The normalized spacial score (nSPS) is 16.5. The first kappa shape index (κ1) is 19.5. The summed E-state index contributed by atoms with van der Waals surface area (Å²) in [5.41, 5.74) is 4.42. The molecule has 1 nitrogen and oxygen atoms in total. The van der Waals surface area contributed by atoms with Crippen molar-refractivity contribution in [3.05, 3.63) is 127 Å². The summed E-state index contributed by atoms with van der Waals surface area (Å²) in [5.74, 6) is 0. The highest BCUT2D eigenvalue weighted by molar-refractivity contribution is 7.86. The van der Waals surface area contributed by atoms with Gasteiger partial charge < -0.3 is 4.57 Å². The maximum Gasteiger partial charge on any atom is 0.172 e. The Morgan fingerprint density at radius 1 is 0.441 bits per heavy atom. The van der Waals surface area contributed by atoms with Crippen molar-refractivity contribution in [3.63, 3.8) is 0 Å². The van der Waals surface area contributed by atoms with E-state index in [1.807, 2.05) is 42.5 Å². The van der Waals surface area contributed by atoms with E-state index in [0.29, 0.717) is 0 Å². The van der Waals surface area contributed by atoms with E-state index < -0.39 is 7.14 Å². The van der Waals surface area contributed by atoms with Crippen molar-refractivity contribution in [2.75, 3.05) is 0 Å². The zero-order valence-corrected chi connectivity index (χ0v) is 19.4. The third-order valence-electron chi connectivity index (χ3n) is 7.07. The first-order chi connectivity index (χ1) is 16.8. The standard InChI is InChI=1S/C32H21OP/c33-34(24-12-2-1-3-13-24)30-17-9-8-16-29(30)31-25-14-6-4-10-22(25)18-20-27(31)28-21-19-23-11-5-7-15-26(23)32(28)34/h1-21H. The van der Waals surface area contributed by atoms with Crippen LogP contribution in [-0.4, -0.2) is 0 Å². The van der Waals surface area contributed by atoms with Crippen LogP contribution in [0, 0.1) is 0 Å². The van der Waals surface area contributed by atoms with E-state index in [1.54, 1.807) is 0 Å². The molecule has 0 bridgehead atoms. The SMILES string of the molecule is O=P1(c2ccccc2)c2ccccc2-c2c(ccc3ccccc23)-c2ccc3ccccc3c21. The number of benzene rings is 6. The molecule has 6 aromatic rings. The molecule has 0 spiro atoms. The van der Waals surface area contributed by atoms with Crippen molar-refractivity contribution in [2.45, 2.75) is 0 Å². The van der Waals surface area contributed by atoms with Gasteiger partial charge in [0, 0.05) is 15.9 Å². The molecule has 1 aliphatic heterocycles. The molecule has 160 valence electrons. The maximum absolute atomic E-state index is 15.7. The first-order valence-electron chi connectivity index (χ1n) is 11.6. The second-order valence-electron chi connectivity index (χ2n) is 8.85. The van der Waals surface area contributed by atoms with Gasteiger partial charge in [-0.3, -0.25) is 0 Å². The molecule has 0 saturated heterocycles. The minimum Gasteiger partial charge on any atom is -0.309 e. The molecular weight excluding hydrogens is 431 g/mol. The van der Waals surface area contributed by atoms with E-state index in [4.69, 9.17) is 0 Å². The number of rotatable bonds is 1. The average molecular weight is 452 g/mol. The minimum absolute atomic E-state index is 0.872. The summed E-state index contributed by atoms with van der Waals surface area (Å²) < 4.78 is 15.7. The van der Waals surface area contributed by atoms with E-state index in [-0.39, 0.29) is 0 Å². The fraction of sp³-hybridized carbons (Fsp3) is 0. The van der Waals surface area contributed by atoms with Crippen LogP contribution >= 0.6 is 7.14 Å². The van der Waals surface area contributed by atoms with Gasteiger partial charge in [-0.2, -0.15) is 0 Å². The van der Waals surface area contributed by atoms with E-state index in [9.17, 15) is 0 Å². The fourth-order valence-electron chi connectivity index (χ4n) is 5.58. The Kier molecular flexibility index (Phi) is 4.19. The molecule has 0 amide bonds. The Hall–Kier alpha value is -3.93. The quantitative estimate of drug-likeness (QED) is 0.239. The number of fused-ring (bicyclic) bond motifs is 9.